The molecule has 2 heterocycles. The first kappa shape index (κ1) is 21.6. The van der Waals surface area contributed by atoms with E-state index < -0.39 is 0 Å². The lowest BCUT2D eigenvalue weighted by atomic mass is 10.1. The first-order valence-electron chi connectivity index (χ1n) is 10.2. The van der Waals surface area contributed by atoms with E-state index in [1.165, 1.54) is 11.6 Å². The van der Waals surface area contributed by atoms with Gasteiger partial charge in [0.1, 0.15) is 0 Å². The topological polar surface area (TPSA) is 77.8 Å². The number of carbonyl (C=O) groups is 1. The van der Waals surface area contributed by atoms with Gasteiger partial charge in [0.2, 0.25) is 10.9 Å². The normalized spacial score (nSPS) is 11.2. The molecule has 164 valence electrons. The van der Waals surface area contributed by atoms with Crippen LogP contribution in [0.25, 0.3) is 22.4 Å². The fourth-order valence-electron chi connectivity index (χ4n) is 3.22. The van der Waals surface area contributed by atoms with Crippen LogP contribution in [-0.2, 0) is 11.2 Å². The second kappa shape index (κ2) is 9.65. The summed E-state index contributed by atoms with van der Waals surface area (Å²) >= 11 is 1.55. The van der Waals surface area contributed by atoms with E-state index in [9.17, 15) is 4.79 Å². The lowest BCUT2D eigenvalue weighted by molar-refractivity contribution is -0.116. The van der Waals surface area contributed by atoms with Crippen molar-refractivity contribution in [3.63, 3.8) is 0 Å². The molecule has 4 rings (SSSR count). The number of hydrogen-bond acceptors (Lipinski definition) is 6. The van der Waals surface area contributed by atoms with Crippen LogP contribution in [0.5, 0.6) is 11.5 Å². The second-order valence-corrected chi connectivity index (χ2v) is 8.05. The predicted octanol–water partition coefficient (Wildman–Crippen LogP) is 4.16. The molecule has 1 N–H and O–H groups in total. The SMILES string of the molecule is COc1ccc(C=CC(=O)NCCc2csc3nc(-c4ccc(C)cc4)nn23)cc1OC. The van der Waals surface area contributed by atoms with Crippen LogP contribution >= 0.6 is 11.3 Å². The number of thiazole rings is 1. The van der Waals surface area contributed by atoms with Gasteiger partial charge in [-0.25, -0.2) is 4.52 Å². The Kier molecular flexibility index (Phi) is 6.51. The van der Waals surface area contributed by atoms with E-state index >= 15 is 0 Å². The number of amides is 1. The summed E-state index contributed by atoms with van der Waals surface area (Å²) in [4.78, 5) is 17.7. The van der Waals surface area contributed by atoms with Gasteiger partial charge < -0.3 is 14.8 Å². The summed E-state index contributed by atoms with van der Waals surface area (Å²) in [6.07, 6.45) is 3.91. The van der Waals surface area contributed by atoms with Crippen molar-refractivity contribution in [1.82, 2.24) is 19.9 Å². The van der Waals surface area contributed by atoms with Crippen LogP contribution in [0.2, 0.25) is 0 Å². The van der Waals surface area contributed by atoms with Gasteiger partial charge in [0.25, 0.3) is 0 Å². The van der Waals surface area contributed by atoms with Gasteiger partial charge >= 0.3 is 0 Å². The number of carbonyl (C=O) groups excluding carboxylic acids is 1. The molecule has 8 heteroatoms. The molecule has 2 aromatic carbocycles. The standard InChI is InChI=1S/C24H24N4O3S/c1-16-4-8-18(9-5-16)23-26-24-28(27-23)19(15-32-24)12-13-25-22(29)11-7-17-6-10-20(30-2)21(14-17)31-3/h4-11,14-15H,12-13H2,1-3H3,(H,25,29). The summed E-state index contributed by atoms with van der Waals surface area (Å²) in [5, 5.41) is 9.58. The Morgan fingerprint density at radius 1 is 1.12 bits per heavy atom. The molecule has 0 saturated heterocycles. The van der Waals surface area contributed by atoms with Gasteiger partial charge in [0, 0.05) is 30.0 Å². The summed E-state index contributed by atoms with van der Waals surface area (Å²) < 4.78 is 12.4. The highest BCUT2D eigenvalue weighted by atomic mass is 32.1. The highest BCUT2D eigenvalue weighted by molar-refractivity contribution is 7.15. The fourth-order valence-corrected chi connectivity index (χ4v) is 4.08. The smallest absolute Gasteiger partial charge is 0.244 e. The summed E-state index contributed by atoms with van der Waals surface area (Å²) in [6.45, 7) is 2.55. The first-order valence-corrected chi connectivity index (χ1v) is 11.0. The molecule has 0 aliphatic rings. The van der Waals surface area contributed by atoms with Crippen LogP contribution in [0, 0.1) is 6.92 Å². The Morgan fingerprint density at radius 2 is 1.91 bits per heavy atom. The number of nitrogens with one attached hydrogen (secondary N) is 1. The molecular weight excluding hydrogens is 424 g/mol. The molecular formula is C24H24N4O3S. The number of aryl methyl sites for hydroxylation is 1. The maximum atomic E-state index is 12.2. The third kappa shape index (κ3) is 4.81. The molecule has 32 heavy (non-hydrogen) atoms. The molecule has 1 amide bonds. The summed E-state index contributed by atoms with van der Waals surface area (Å²) in [5.41, 5.74) is 4.06. The third-order valence-electron chi connectivity index (χ3n) is 4.97. The van der Waals surface area contributed by atoms with Crippen LogP contribution in [0.3, 0.4) is 0 Å². The molecule has 2 aromatic heterocycles. The zero-order chi connectivity index (χ0) is 22.5. The van der Waals surface area contributed by atoms with Gasteiger partial charge in [-0.1, -0.05) is 35.9 Å². The van der Waals surface area contributed by atoms with Crippen molar-refractivity contribution in [2.24, 2.45) is 0 Å². The molecule has 0 aliphatic carbocycles. The number of fused-ring (bicyclic) bond motifs is 1. The van der Waals surface area contributed by atoms with E-state index in [1.54, 1.807) is 37.7 Å². The zero-order valence-corrected chi connectivity index (χ0v) is 19.0. The number of aromatic nitrogens is 3. The minimum absolute atomic E-state index is 0.162. The zero-order valence-electron chi connectivity index (χ0n) is 18.2. The maximum absolute atomic E-state index is 12.2. The van der Waals surface area contributed by atoms with Crippen molar-refractivity contribution < 1.29 is 14.3 Å². The fraction of sp³-hybridized carbons (Fsp3) is 0.208. The molecule has 0 bridgehead atoms. The van der Waals surface area contributed by atoms with Crippen molar-refractivity contribution in [2.45, 2.75) is 13.3 Å². The van der Waals surface area contributed by atoms with Gasteiger partial charge in [0.15, 0.2) is 17.3 Å². The van der Waals surface area contributed by atoms with Crippen LogP contribution in [0.1, 0.15) is 16.8 Å². The maximum Gasteiger partial charge on any atom is 0.244 e. The molecule has 7 nitrogen and oxygen atoms in total. The van der Waals surface area contributed by atoms with Crippen molar-refractivity contribution in [3.8, 4) is 22.9 Å². The molecule has 0 aliphatic heterocycles. The van der Waals surface area contributed by atoms with Gasteiger partial charge in [-0.2, -0.15) is 4.98 Å². The Hall–Kier alpha value is -3.65. The molecule has 0 radical (unpaired) electrons. The van der Waals surface area contributed by atoms with Crippen LogP contribution in [0.15, 0.2) is 53.9 Å². The highest BCUT2D eigenvalue weighted by Crippen LogP contribution is 2.28. The van der Waals surface area contributed by atoms with E-state index in [0.717, 1.165) is 21.8 Å². The monoisotopic (exact) mass is 448 g/mol. The Bertz CT molecular complexity index is 1260. The Morgan fingerprint density at radius 3 is 2.66 bits per heavy atom. The average Bonchev–Trinajstić information content (AvgIpc) is 3.39. The molecule has 0 fully saturated rings. The van der Waals surface area contributed by atoms with E-state index in [2.05, 4.69) is 34.5 Å². The van der Waals surface area contributed by atoms with Crippen molar-refractivity contribution in [3.05, 3.63) is 70.7 Å². The van der Waals surface area contributed by atoms with Crippen LogP contribution in [-0.4, -0.2) is 41.3 Å². The number of ether oxygens (including phenoxy) is 2. The number of hydrogen-bond donors (Lipinski definition) is 1. The van der Waals surface area contributed by atoms with E-state index in [-0.39, 0.29) is 5.91 Å². The summed E-state index contributed by atoms with van der Waals surface area (Å²) in [7, 11) is 3.17. The number of rotatable bonds is 8. The van der Waals surface area contributed by atoms with Crippen LogP contribution in [0.4, 0.5) is 0 Å². The molecule has 0 saturated carbocycles. The van der Waals surface area contributed by atoms with Gasteiger partial charge in [0.05, 0.1) is 19.9 Å². The van der Waals surface area contributed by atoms with Gasteiger partial charge in [-0.3, -0.25) is 4.79 Å². The summed E-state index contributed by atoms with van der Waals surface area (Å²) in [5.74, 6) is 1.81. The van der Waals surface area contributed by atoms with Gasteiger partial charge in [-0.05, 0) is 30.7 Å². The lowest BCUT2D eigenvalue weighted by Crippen LogP contribution is -2.23. The van der Waals surface area contributed by atoms with Crippen molar-refractivity contribution >= 4 is 28.3 Å². The minimum atomic E-state index is -0.162. The minimum Gasteiger partial charge on any atom is -0.493 e. The number of nitrogens with zero attached hydrogens (tertiary/aromatic N) is 3. The van der Waals surface area contributed by atoms with Gasteiger partial charge in [-0.15, -0.1) is 16.4 Å². The Balaban J connectivity index is 1.35. The number of benzene rings is 2. The first-order chi connectivity index (χ1) is 15.6. The van der Waals surface area contributed by atoms with Crippen LogP contribution < -0.4 is 14.8 Å². The highest BCUT2D eigenvalue weighted by Gasteiger charge is 2.11. The summed E-state index contributed by atoms with van der Waals surface area (Å²) in [6, 6.07) is 13.7. The van der Waals surface area contributed by atoms with E-state index in [4.69, 9.17) is 9.47 Å². The third-order valence-corrected chi connectivity index (χ3v) is 5.84. The molecule has 0 spiro atoms. The largest absolute Gasteiger partial charge is 0.493 e. The van der Waals surface area contributed by atoms with E-state index in [0.29, 0.717) is 30.3 Å². The van der Waals surface area contributed by atoms with Crippen molar-refractivity contribution in [1.29, 1.82) is 0 Å². The number of methoxy groups -OCH3 is 2. The molecule has 4 aromatic rings. The predicted molar refractivity (Wildman–Crippen MR) is 126 cm³/mol. The quantitative estimate of drug-likeness (QED) is 0.410. The Labute approximate surface area is 190 Å². The second-order valence-electron chi connectivity index (χ2n) is 7.21. The van der Waals surface area contributed by atoms with E-state index in [1.807, 2.05) is 34.2 Å². The molecule has 0 unspecified atom stereocenters. The lowest BCUT2D eigenvalue weighted by Gasteiger charge is -2.07. The molecule has 0 atom stereocenters. The van der Waals surface area contributed by atoms with Crippen molar-refractivity contribution in [2.75, 3.05) is 20.8 Å². The average molecular weight is 449 g/mol.